The van der Waals surface area contributed by atoms with Gasteiger partial charge in [-0.3, -0.25) is 0 Å². The second kappa shape index (κ2) is 5.76. The molecule has 0 aromatic heterocycles. The Hall–Kier alpha value is -0.810. The molecular weight excluding hydrogens is 268 g/mol. The lowest BCUT2D eigenvalue weighted by Crippen LogP contribution is -2.56. The van der Waals surface area contributed by atoms with Crippen molar-refractivity contribution in [2.24, 2.45) is 5.92 Å². The third-order valence-corrected chi connectivity index (χ3v) is 4.53. The Morgan fingerprint density at radius 2 is 1.86 bits per heavy atom. The zero-order valence-electron chi connectivity index (χ0n) is 13.4. The minimum atomic E-state index is -0.426. The molecule has 5 nitrogen and oxygen atoms in total. The van der Waals surface area contributed by atoms with Crippen LogP contribution in [-0.2, 0) is 9.47 Å². The monoisotopic (exact) mass is 296 g/mol. The van der Waals surface area contributed by atoms with Crippen molar-refractivity contribution in [2.45, 2.75) is 82.7 Å². The number of hydrogen-bond acceptors (Lipinski definition) is 4. The highest BCUT2D eigenvalue weighted by molar-refractivity contribution is 5.68. The van der Waals surface area contributed by atoms with Crippen LogP contribution in [0.25, 0.3) is 0 Å². The molecule has 1 heterocycles. The fraction of sp³-hybridized carbons (Fsp3) is 0.938. The Balaban J connectivity index is 1.35. The summed E-state index contributed by atoms with van der Waals surface area (Å²) in [6, 6.07) is 1.28. The first-order valence-corrected chi connectivity index (χ1v) is 8.28. The van der Waals surface area contributed by atoms with Gasteiger partial charge in [0.1, 0.15) is 5.60 Å². The maximum Gasteiger partial charge on any atom is 0.407 e. The van der Waals surface area contributed by atoms with Gasteiger partial charge in [-0.15, -0.1) is 0 Å². The van der Waals surface area contributed by atoms with Gasteiger partial charge in [-0.1, -0.05) is 0 Å². The molecule has 0 bridgehead atoms. The second-order valence-electron chi connectivity index (χ2n) is 7.75. The van der Waals surface area contributed by atoms with Crippen molar-refractivity contribution < 1.29 is 14.3 Å². The summed E-state index contributed by atoms with van der Waals surface area (Å²) in [5, 5.41) is 6.66. The summed E-state index contributed by atoms with van der Waals surface area (Å²) in [7, 11) is 0. The van der Waals surface area contributed by atoms with E-state index in [0.717, 1.165) is 31.8 Å². The van der Waals surface area contributed by atoms with Gasteiger partial charge in [0.2, 0.25) is 0 Å². The number of carbonyl (C=O) groups is 1. The molecule has 1 aliphatic heterocycles. The fourth-order valence-electron chi connectivity index (χ4n) is 3.33. The number of hydrogen-bond donors (Lipinski definition) is 2. The molecule has 1 saturated heterocycles. The zero-order chi connectivity index (χ0) is 15.0. The Bertz CT molecular complexity index is 383. The lowest BCUT2D eigenvalue weighted by molar-refractivity contribution is 0.0448. The fourth-order valence-corrected chi connectivity index (χ4v) is 3.33. The molecule has 3 fully saturated rings. The number of ether oxygens (including phenoxy) is 2. The first-order valence-electron chi connectivity index (χ1n) is 8.28. The summed E-state index contributed by atoms with van der Waals surface area (Å²) >= 11 is 0. The zero-order valence-corrected chi connectivity index (χ0v) is 13.4. The molecule has 3 aliphatic rings. The lowest BCUT2D eigenvalue weighted by atomic mass is 9.85. The second-order valence-corrected chi connectivity index (χ2v) is 7.75. The predicted molar refractivity (Wildman–Crippen MR) is 80.2 cm³/mol. The van der Waals surface area contributed by atoms with E-state index in [1.807, 2.05) is 20.8 Å². The first-order chi connectivity index (χ1) is 9.90. The molecular formula is C16H28N2O3. The van der Waals surface area contributed by atoms with E-state index in [4.69, 9.17) is 9.47 Å². The van der Waals surface area contributed by atoms with Crippen LogP contribution in [0.3, 0.4) is 0 Å². The van der Waals surface area contributed by atoms with Gasteiger partial charge in [-0.25, -0.2) is 4.79 Å². The normalized spacial score (nSPS) is 36.1. The summed E-state index contributed by atoms with van der Waals surface area (Å²) in [5.41, 5.74) is -0.426. The number of rotatable bonds is 4. The highest BCUT2D eigenvalue weighted by atomic mass is 16.6. The third-order valence-electron chi connectivity index (χ3n) is 4.53. The van der Waals surface area contributed by atoms with Crippen LogP contribution >= 0.6 is 0 Å². The van der Waals surface area contributed by atoms with E-state index in [1.54, 1.807) is 0 Å². The van der Waals surface area contributed by atoms with Crippen LogP contribution in [0.4, 0.5) is 4.79 Å². The number of amides is 1. The maximum atomic E-state index is 11.7. The van der Waals surface area contributed by atoms with E-state index in [2.05, 4.69) is 10.6 Å². The standard InChI is InChI=1S/C16H28N2O3/c1-16(2,3)21-15(19)18-12-8-11(9-12)17-13-6-7-20-14(13)10-4-5-10/h10-14,17H,4-9H2,1-3H3,(H,18,19). The molecule has 2 atom stereocenters. The van der Waals surface area contributed by atoms with Crippen LogP contribution in [0.5, 0.6) is 0 Å². The van der Waals surface area contributed by atoms with Gasteiger partial charge in [0.15, 0.2) is 0 Å². The lowest BCUT2D eigenvalue weighted by Gasteiger charge is -2.39. The number of carbonyl (C=O) groups excluding carboxylic acids is 1. The summed E-state index contributed by atoms with van der Waals surface area (Å²) in [5.74, 6) is 0.792. The topological polar surface area (TPSA) is 59.6 Å². The molecule has 0 spiro atoms. The van der Waals surface area contributed by atoms with Crippen LogP contribution in [0, 0.1) is 5.92 Å². The summed E-state index contributed by atoms with van der Waals surface area (Å²) < 4.78 is 11.1. The van der Waals surface area contributed by atoms with Gasteiger partial charge >= 0.3 is 6.09 Å². The largest absolute Gasteiger partial charge is 0.444 e. The Kier molecular flexibility index (Phi) is 4.14. The molecule has 3 rings (SSSR count). The molecule has 5 heteroatoms. The minimum absolute atomic E-state index is 0.249. The van der Waals surface area contributed by atoms with Gasteiger partial charge in [-0.05, 0) is 58.8 Å². The van der Waals surface area contributed by atoms with Crippen molar-refractivity contribution >= 4 is 6.09 Å². The first kappa shape index (κ1) is 15.1. The molecule has 2 aliphatic carbocycles. The number of alkyl carbamates (subject to hydrolysis) is 1. The van der Waals surface area contributed by atoms with Crippen molar-refractivity contribution in [3.8, 4) is 0 Å². The number of nitrogens with one attached hydrogen (secondary N) is 2. The highest BCUT2D eigenvalue weighted by Gasteiger charge is 2.42. The Morgan fingerprint density at radius 3 is 2.48 bits per heavy atom. The summed E-state index contributed by atoms with van der Waals surface area (Å²) in [6.07, 6.45) is 5.91. The molecule has 0 aromatic rings. The van der Waals surface area contributed by atoms with Crippen molar-refractivity contribution in [3.63, 3.8) is 0 Å². The van der Waals surface area contributed by atoms with Gasteiger partial charge in [0, 0.05) is 24.7 Å². The molecule has 0 radical (unpaired) electrons. The van der Waals surface area contributed by atoms with Crippen LogP contribution < -0.4 is 10.6 Å². The molecule has 2 saturated carbocycles. The third kappa shape index (κ3) is 4.10. The Labute approximate surface area is 127 Å². The van der Waals surface area contributed by atoms with E-state index in [1.165, 1.54) is 12.8 Å². The van der Waals surface area contributed by atoms with E-state index in [0.29, 0.717) is 18.2 Å². The van der Waals surface area contributed by atoms with Crippen molar-refractivity contribution in [2.75, 3.05) is 6.61 Å². The van der Waals surface area contributed by atoms with Gasteiger partial charge in [0.05, 0.1) is 6.10 Å². The van der Waals surface area contributed by atoms with Crippen molar-refractivity contribution in [1.82, 2.24) is 10.6 Å². The van der Waals surface area contributed by atoms with Crippen LogP contribution in [0.1, 0.15) is 52.9 Å². The molecule has 2 N–H and O–H groups in total. The molecule has 1 amide bonds. The van der Waals surface area contributed by atoms with Gasteiger partial charge in [0.25, 0.3) is 0 Å². The van der Waals surface area contributed by atoms with E-state index >= 15 is 0 Å². The highest BCUT2D eigenvalue weighted by Crippen LogP contribution is 2.39. The summed E-state index contributed by atoms with van der Waals surface area (Å²) in [4.78, 5) is 11.7. The van der Waals surface area contributed by atoms with E-state index < -0.39 is 5.60 Å². The quantitative estimate of drug-likeness (QED) is 0.835. The summed E-state index contributed by atoms with van der Waals surface area (Å²) in [6.45, 7) is 6.55. The molecule has 21 heavy (non-hydrogen) atoms. The minimum Gasteiger partial charge on any atom is -0.444 e. The van der Waals surface area contributed by atoms with Gasteiger partial charge in [-0.2, -0.15) is 0 Å². The predicted octanol–water partition coefficient (Wildman–Crippen LogP) is 2.20. The average molecular weight is 296 g/mol. The van der Waals surface area contributed by atoms with Crippen LogP contribution in [-0.4, -0.2) is 42.5 Å². The van der Waals surface area contributed by atoms with Crippen LogP contribution in [0.2, 0.25) is 0 Å². The van der Waals surface area contributed by atoms with Gasteiger partial charge < -0.3 is 20.1 Å². The molecule has 2 unspecified atom stereocenters. The smallest absolute Gasteiger partial charge is 0.407 e. The van der Waals surface area contributed by atoms with Crippen LogP contribution in [0.15, 0.2) is 0 Å². The molecule has 120 valence electrons. The van der Waals surface area contributed by atoms with E-state index in [-0.39, 0.29) is 12.1 Å². The average Bonchev–Trinajstić information content (AvgIpc) is 3.04. The van der Waals surface area contributed by atoms with E-state index in [9.17, 15) is 4.79 Å². The van der Waals surface area contributed by atoms with Crippen molar-refractivity contribution in [1.29, 1.82) is 0 Å². The SMILES string of the molecule is CC(C)(C)OC(=O)NC1CC(NC2CCOC2C2CC2)C1. The van der Waals surface area contributed by atoms with Crippen molar-refractivity contribution in [3.05, 3.63) is 0 Å². The maximum absolute atomic E-state index is 11.7. The Morgan fingerprint density at radius 1 is 1.14 bits per heavy atom. The molecule has 0 aromatic carbocycles.